The minimum Gasteiger partial charge on any atom is -0.391 e. The summed E-state index contributed by atoms with van der Waals surface area (Å²) in [7, 11) is 0. The normalized spacial score (nSPS) is 29.1. The van der Waals surface area contributed by atoms with Gasteiger partial charge in [0.25, 0.3) is 0 Å². The third kappa shape index (κ3) is 5.55. The number of piperazine rings is 1. The smallest absolute Gasteiger partial charge is 0.391 e. The number of aliphatic hydroxyl groups excluding tert-OH is 1. The largest absolute Gasteiger partial charge is 0.430 e. The predicted molar refractivity (Wildman–Crippen MR) is 139 cm³/mol. The third-order valence-electron chi connectivity index (χ3n) is 8.58. The standard InChI is InChI=1S/C26H34Cl2N4O5/c1-16-24(35)32-18(6-8-23(34)30-12-11-26(9-10-26)22(33)15-30)3-2-4-19(32)14-31(16)37-25(36)29-17-5-7-20(27)21(28)13-17/h5,7,13,16,18-19,22,33H,2-4,6,8-12,14-15H2,1H3,(H,29,36)/t16-,18+,19-,22+/m0/s1. The zero-order chi connectivity index (χ0) is 26.3. The van der Waals surface area contributed by atoms with Crippen molar-refractivity contribution in [2.24, 2.45) is 5.41 Å². The first-order valence-corrected chi connectivity index (χ1v) is 13.9. The molecule has 5 rings (SSSR count). The Morgan fingerprint density at radius 3 is 2.65 bits per heavy atom. The van der Waals surface area contributed by atoms with E-state index in [-0.39, 0.29) is 29.3 Å². The number of likely N-dealkylation sites (tertiary alicyclic amines) is 1. The molecule has 2 N–H and O–H groups in total. The Balaban J connectivity index is 1.15. The number of hydroxylamine groups is 2. The van der Waals surface area contributed by atoms with E-state index in [1.54, 1.807) is 24.0 Å². The van der Waals surface area contributed by atoms with Gasteiger partial charge in [0.1, 0.15) is 6.04 Å². The number of fused-ring (bicyclic) bond motifs is 1. The Bertz CT molecular complexity index is 1070. The molecule has 4 aliphatic rings. The van der Waals surface area contributed by atoms with Crippen molar-refractivity contribution in [2.75, 3.05) is 25.0 Å². The molecule has 37 heavy (non-hydrogen) atoms. The topological polar surface area (TPSA) is 102 Å². The molecular formula is C26H34Cl2N4O5. The third-order valence-corrected chi connectivity index (χ3v) is 9.32. The Kier molecular flexibility index (Phi) is 7.60. The summed E-state index contributed by atoms with van der Waals surface area (Å²) in [6, 6.07) is 3.98. The maximum atomic E-state index is 13.4. The fourth-order valence-corrected chi connectivity index (χ4v) is 6.36. The molecular weight excluding hydrogens is 519 g/mol. The number of halogens is 2. The zero-order valence-electron chi connectivity index (χ0n) is 21.0. The lowest BCUT2D eigenvalue weighted by molar-refractivity contribution is -0.191. The fraction of sp³-hybridized carbons (Fsp3) is 0.654. The number of hydrogen-bond acceptors (Lipinski definition) is 6. The lowest BCUT2D eigenvalue weighted by Crippen LogP contribution is -2.65. The SMILES string of the molecule is C[C@H]1C(=O)N2[C@@H](CCC(=O)N3CCC4(CC4)[C@H](O)C3)CCC[C@H]2CN1OC(=O)Nc1ccc(Cl)c(Cl)c1. The van der Waals surface area contributed by atoms with Gasteiger partial charge in [-0.1, -0.05) is 23.2 Å². The summed E-state index contributed by atoms with van der Waals surface area (Å²) in [4.78, 5) is 48.0. The van der Waals surface area contributed by atoms with E-state index in [9.17, 15) is 19.5 Å². The lowest BCUT2D eigenvalue weighted by Gasteiger charge is -2.49. The second-order valence-electron chi connectivity index (χ2n) is 10.9. The van der Waals surface area contributed by atoms with E-state index in [0.717, 1.165) is 38.5 Å². The van der Waals surface area contributed by atoms with Crippen LogP contribution in [0.5, 0.6) is 0 Å². The molecule has 9 nitrogen and oxygen atoms in total. The molecule has 3 amide bonds. The van der Waals surface area contributed by atoms with Crippen LogP contribution in [0.1, 0.15) is 58.3 Å². The van der Waals surface area contributed by atoms with E-state index < -0.39 is 18.2 Å². The van der Waals surface area contributed by atoms with Crippen molar-refractivity contribution in [3.05, 3.63) is 28.2 Å². The number of β-amino-alcohol motifs (C(OH)–C–C–N with tert-alkyl or cyclic N) is 1. The van der Waals surface area contributed by atoms with E-state index in [1.807, 2.05) is 4.90 Å². The number of hydrogen-bond donors (Lipinski definition) is 2. The van der Waals surface area contributed by atoms with Gasteiger partial charge in [-0.2, -0.15) is 0 Å². The summed E-state index contributed by atoms with van der Waals surface area (Å²) >= 11 is 11.9. The van der Waals surface area contributed by atoms with Gasteiger partial charge in [0.05, 0.1) is 22.7 Å². The summed E-state index contributed by atoms with van der Waals surface area (Å²) in [5, 5.41) is 15.2. The van der Waals surface area contributed by atoms with Crippen molar-refractivity contribution < 1.29 is 24.3 Å². The Morgan fingerprint density at radius 1 is 1.16 bits per heavy atom. The monoisotopic (exact) mass is 552 g/mol. The van der Waals surface area contributed by atoms with Crippen LogP contribution in [0.25, 0.3) is 0 Å². The van der Waals surface area contributed by atoms with Crippen molar-refractivity contribution in [1.29, 1.82) is 0 Å². The van der Waals surface area contributed by atoms with Gasteiger partial charge in [0.2, 0.25) is 11.8 Å². The number of carbonyl (C=O) groups is 3. The maximum Gasteiger partial charge on any atom is 0.430 e. The molecule has 202 valence electrons. The van der Waals surface area contributed by atoms with Crippen molar-refractivity contribution in [1.82, 2.24) is 14.9 Å². The highest BCUT2D eigenvalue weighted by Crippen LogP contribution is 2.53. The van der Waals surface area contributed by atoms with Crippen LogP contribution in [-0.4, -0.2) is 81.7 Å². The summed E-state index contributed by atoms with van der Waals surface area (Å²) < 4.78 is 0. The van der Waals surface area contributed by atoms with E-state index >= 15 is 0 Å². The van der Waals surface area contributed by atoms with Gasteiger partial charge in [0.15, 0.2) is 0 Å². The second kappa shape index (κ2) is 10.6. The first kappa shape index (κ1) is 26.5. The van der Waals surface area contributed by atoms with Gasteiger partial charge < -0.3 is 19.7 Å². The van der Waals surface area contributed by atoms with Crippen LogP contribution in [0.15, 0.2) is 18.2 Å². The van der Waals surface area contributed by atoms with Crippen molar-refractivity contribution in [3.8, 4) is 0 Å². The molecule has 1 aromatic carbocycles. The van der Waals surface area contributed by atoms with Gasteiger partial charge in [-0.3, -0.25) is 14.9 Å². The number of carbonyl (C=O) groups excluding carboxylic acids is 3. The van der Waals surface area contributed by atoms with Gasteiger partial charge in [-0.05, 0) is 75.5 Å². The Hall–Kier alpha value is -2.07. The Morgan fingerprint density at radius 2 is 1.95 bits per heavy atom. The maximum absolute atomic E-state index is 13.4. The average molecular weight is 553 g/mol. The molecule has 0 aromatic heterocycles. The number of nitrogens with zero attached hydrogens (tertiary/aromatic N) is 3. The lowest BCUT2D eigenvalue weighted by atomic mass is 9.88. The molecule has 1 aliphatic carbocycles. The summed E-state index contributed by atoms with van der Waals surface area (Å²) in [5.74, 6) is -0.0436. The van der Waals surface area contributed by atoms with E-state index in [1.165, 1.54) is 11.1 Å². The summed E-state index contributed by atoms with van der Waals surface area (Å²) in [5.41, 5.74) is 0.504. The quantitative estimate of drug-likeness (QED) is 0.570. The molecule has 4 atom stereocenters. The van der Waals surface area contributed by atoms with Gasteiger partial charge in [-0.15, -0.1) is 5.06 Å². The number of amides is 3. The number of benzene rings is 1. The van der Waals surface area contributed by atoms with Crippen LogP contribution in [-0.2, 0) is 14.4 Å². The van der Waals surface area contributed by atoms with Gasteiger partial charge in [0, 0.05) is 37.3 Å². The van der Waals surface area contributed by atoms with Crippen molar-refractivity contribution in [2.45, 2.75) is 82.5 Å². The van der Waals surface area contributed by atoms with Crippen molar-refractivity contribution >= 4 is 46.8 Å². The average Bonchev–Trinajstić information content (AvgIpc) is 3.65. The highest BCUT2D eigenvalue weighted by atomic mass is 35.5. The molecule has 0 radical (unpaired) electrons. The number of aliphatic hydroxyl groups is 1. The van der Waals surface area contributed by atoms with E-state index in [0.29, 0.717) is 48.2 Å². The number of piperidine rings is 2. The molecule has 11 heteroatoms. The molecule has 1 saturated carbocycles. The van der Waals surface area contributed by atoms with E-state index in [4.69, 9.17) is 28.0 Å². The highest BCUT2D eigenvalue weighted by Gasteiger charge is 2.52. The van der Waals surface area contributed by atoms with E-state index in [2.05, 4.69) is 5.32 Å². The molecule has 3 aliphatic heterocycles. The number of nitrogens with one attached hydrogen (secondary N) is 1. The summed E-state index contributed by atoms with van der Waals surface area (Å²) in [6.45, 7) is 3.26. The molecule has 4 fully saturated rings. The zero-order valence-corrected chi connectivity index (χ0v) is 22.5. The van der Waals surface area contributed by atoms with Gasteiger partial charge in [-0.25, -0.2) is 4.79 Å². The molecule has 3 saturated heterocycles. The molecule has 3 heterocycles. The highest BCUT2D eigenvalue weighted by molar-refractivity contribution is 6.42. The molecule has 0 bridgehead atoms. The van der Waals surface area contributed by atoms with Crippen LogP contribution >= 0.6 is 23.2 Å². The molecule has 1 aromatic rings. The van der Waals surface area contributed by atoms with Crippen LogP contribution in [0.3, 0.4) is 0 Å². The second-order valence-corrected chi connectivity index (χ2v) is 11.7. The minimum absolute atomic E-state index is 0.0191. The summed E-state index contributed by atoms with van der Waals surface area (Å²) in [6.07, 6.45) is 5.45. The molecule has 0 unspecified atom stereocenters. The number of rotatable bonds is 5. The minimum atomic E-state index is -0.707. The van der Waals surface area contributed by atoms with Gasteiger partial charge >= 0.3 is 6.09 Å². The van der Waals surface area contributed by atoms with Crippen LogP contribution in [0, 0.1) is 5.41 Å². The fourth-order valence-electron chi connectivity index (χ4n) is 6.07. The Labute approximate surface area is 226 Å². The number of anilines is 1. The predicted octanol–water partition coefficient (Wildman–Crippen LogP) is 4.06. The van der Waals surface area contributed by atoms with Crippen LogP contribution < -0.4 is 5.32 Å². The first-order chi connectivity index (χ1) is 17.7. The van der Waals surface area contributed by atoms with Crippen LogP contribution in [0.2, 0.25) is 10.0 Å². The first-order valence-electron chi connectivity index (χ1n) is 13.2. The van der Waals surface area contributed by atoms with Crippen molar-refractivity contribution in [3.63, 3.8) is 0 Å². The molecule has 1 spiro atoms. The van der Waals surface area contributed by atoms with Crippen LogP contribution in [0.4, 0.5) is 10.5 Å².